The van der Waals surface area contributed by atoms with Crippen LogP contribution in [0, 0.1) is 5.82 Å². The zero-order chi connectivity index (χ0) is 12.6. The lowest BCUT2D eigenvalue weighted by Crippen LogP contribution is -2.07. The van der Waals surface area contributed by atoms with Crippen molar-refractivity contribution in [2.45, 2.75) is 6.18 Å². The van der Waals surface area contributed by atoms with Crippen molar-refractivity contribution in [1.29, 1.82) is 0 Å². The van der Waals surface area contributed by atoms with Gasteiger partial charge in [0.25, 0.3) is 0 Å². The van der Waals surface area contributed by atoms with Gasteiger partial charge in [0.2, 0.25) is 0 Å². The van der Waals surface area contributed by atoms with Gasteiger partial charge in [-0.3, -0.25) is 4.68 Å². The van der Waals surface area contributed by atoms with E-state index >= 15 is 0 Å². The van der Waals surface area contributed by atoms with Gasteiger partial charge in [0.05, 0.1) is 5.56 Å². The number of aryl methyl sites for hydroxylation is 1. The van der Waals surface area contributed by atoms with Gasteiger partial charge in [0.15, 0.2) is 5.82 Å². The molecule has 0 atom stereocenters. The van der Waals surface area contributed by atoms with E-state index in [1.54, 1.807) is 7.05 Å². The molecule has 0 N–H and O–H groups in total. The van der Waals surface area contributed by atoms with Crippen molar-refractivity contribution in [1.82, 2.24) is 14.8 Å². The summed E-state index contributed by atoms with van der Waals surface area (Å²) in [4.78, 5) is 3.82. The fourth-order valence-corrected chi connectivity index (χ4v) is 1.36. The Balaban J connectivity index is 2.44. The third-order valence-corrected chi connectivity index (χ3v) is 2.13. The molecule has 0 aliphatic rings. The van der Waals surface area contributed by atoms with Crippen LogP contribution in [-0.4, -0.2) is 14.8 Å². The molecule has 0 spiro atoms. The molecule has 0 aliphatic heterocycles. The molecule has 0 amide bonds. The van der Waals surface area contributed by atoms with Crippen molar-refractivity contribution in [3.63, 3.8) is 0 Å². The van der Waals surface area contributed by atoms with Crippen molar-refractivity contribution >= 4 is 0 Å². The Kier molecular flexibility index (Phi) is 2.60. The summed E-state index contributed by atoms with van der Waals surface area (Å²) in [7, 11) is 1.61. The van der Waals surface area contributed by atoms with Gasteiger partial charge in [-0.15, -0.1) is 0 Å². The van der Waals surface area contributed by atoms with Crippen LogP contribution in [0.3, 0.4) is 0 Å². The lowest BCUT2D eigenvalue weighted by atomic mass is 10.1. The standard InChI is InChI=1S/C10H7F4N3/c1-17-5-15-9(16-17)6-2-3-7(8(11)4-6)10(12,13)14/h2-5H,1H3. The number of alkyl halides is 3. The van der Waals surface area contributed by atoms with Crippen LogP contribution in [0.15, 0.2) is 24.5 Å². The molecule has 90 valence electrons. The molecular formula is C10H7F4N3. The fourth-order valence-electron chi connectivity index (χ4n) is 1.36. The minimum atomic E-state index is -4.69. The maximum absolute atomic E-state index is 13.3. The summed E-state index contributed by atoms with van der Waals surface area (Å²) in [6.45, 7) is 0. The first-order valence-corrected chi connectivity index (χ1v) is 4.60. The van der Waals surface area contributed by atoms with Crippen molar-refractivity contribution in [2.24, 2.45) is 7.05 Å². The van der Waals surface area contributed by atoms with Gasteiger partial charge < -0.3 is 0 Å². The van der Waals surface area contributed by atoms with Gasteiger partial charge in [-0.05, 0) is 12.1 Å². The third-order valence-electron chi connectivity index (χ3n) is 2.13. The molecule has 1 aromatic carbocycles. The van der Waals surface area contributed by atoms with Gasteiger partial charge in [-0.2, -0.15) is 18.3 Å². The topological polar surface area (TPSA) is 30.7 Å². The first kappa shape index (κ1) is 11.6. The van der Waals surface area contributed by atoms with Crippen LogP contribution in [0.25, 0.3) is 11.4 Å². The summed E-state index contributed by atoms with van der Waals surface area (Å²) >= 11 is 0. The molecule has 0 saturated heterocycles. The lowest BCUT2D eigenvalue weighted by molar-refractivity contribution is -0.139. The second-order valence-electron chi connectivity index (χ2n) is 3.43. The molecule has 7 heteroatoms. The molecular weight excluding hydrogens is 238 g/mol. The third kappa shape index (κ3) is 2.27. The zero-order valence-corrected chi connectivity index (χ0v) is 8.66. The molecule has 17 heavy (non-hydrogen) atoms. The number of rotatable bonds is 1. The van der Waals surface area contributed by atoms with E-state index in [-0.39, 0.29) is 11.4 Å². The van der Waals surface area contributed by atoms with E-state index in [1.165, 1.54) is 11.0 Å². The Morgan fingerprint density at radius 2 is 1.94 bits per heavy atom. The quantitative estimate of drug-likeness (QED) is 0.723. The van der Waals surface area contributed by atoms with E-state index < -0.39 is 17.6 Å². The van der Waals surface area contributed by atoms with Crippen molar-refractivity contribution in [3.05, 3.63) is 35.9 Å². The van der Waals surface area contributed by atoms with Gasteiger partial charge in [-0.25, -0.2) is 9.37 Å². The number of hydrogen-bond donors (Lipinski definition) is 0. The normalized spacial score (nSPS) is 11.8. The molecule has 1 aromatic heterocycles. The summed E-state index contributed by atoms with van der Waals surface area (Å²) in [6.07, 6.45) is -3.31. The monoisotopic (exact) mass is 245 g/mol. The van der Waals surface area contributed by atoms with Gasteiger partial charge >= 0.3 is 6.18 Å². The van der Waals surface area contributed by atoms with E-state index in [0.29, 0.717) is 6.07 Å². The van der Waals surface area contributed by atoms with E-state index in [9.17, 15) is 17.6 Å². The maximum atomic E-state index is 13.3. The first-order valence-electron chi connectivity index (χ1n) is 4.60. The number of aromatic nitrogens is 3. The van der Waals surface area contributed by atoms with Crippen LogP contribution >= 0.6 is 0 Å². The lowest BCUT2D eigenvalue weighted by Gasteiger charge is -2.08. The SMILES string of the molecule is Cn1cnc(-c2ccc(C(F)(F)F)c(F)c2)n1. The molecule has 0 saturated carbocycles. The van der Waals surface area contributed by atoms with Gasteiger partial charge in [0, 0.05) is 12.6 Å². The van der Waals surface area contributed by atoms with Crippen LogP contribution < -0.4 is 0 Å². The summed E-state index contributed by atoms with van der Waals surface area (Å²) in [5.41, 5.74) is -1.09. The summed E-state index contributed by atoms with van der Waals surface area (Å²) in [6, 6.07) is 2.60. The smallest absolute Gasteiger partial charge is 0.255 e. The van der Waals surface area contributed by atoms with Crippen LogP contribution in [-0.2, 0) is 13.2 Å². The largest absolute Gasteiger partial charge is 0.419 e. The molecule has 1 heterocycles. The number of hydrogen-bond acceptors (Lipinski definition) is 2. The average Bonchev–Trinajstić information content (AvgIpc) is 2.62. The van der Waals surface area contributed by atoms with Crippen molar-refractivity contribution in [3.8, 4) is 11.4 Å². The highest BCUT2D eigenvalue weighted by atomic mass is 19.4. The van der Waals surface area contributed by atoms with Crippen LogP contribution in [0.2, 0.25) is 0 Å². The molecule has 0 bridgehead atoms. The Hall–Kier alpha value is -1.92. The highest BCUT2D eigenvalue weighted by Crippen LogP contribution is 2.32. The van der Waals surface area contributed by atoms with Gasteiger partial charge in [-0.1, -0.05) is 6.07 Å². The highest BCUT2D eigenvalue weighted by Gasteiger charge is 2.34. The maximum Gasteiger partial charge on any atom is 0.419 e. The van der Waals surface area contributed by atoms with E-state index in [1.807, 2.05) is 0 Å². The van der Waals surface area contributed by atoms with E-state index in [0.717, 1.165) is 12.1 Å². The number of benzene rings is 1. The molecule has 0 aliphatic carbocycles. The predicted octanol–water partition coefficient (Wildman–Crippen LogP) is 2.64. The minimum absolute atomic E-state index is 0.181. The Morgan fingerprint density at radius 1 is 1.24 bits per heavy atom. The van der Waals surface area contributed by atoms with E-state index in [2.05, 4.69) is 10.1 Å². The van der Waals surface area contributed by atoms with Crippen molar-refractivity contribution < 1.29 is 17.6 Å². The molecule has 0 unspecified atom stereocenters. The van der Waals surface area contributed by atoms with Gasteiger partial charge in [0.1, 0.15) is 12.1 Å². The van der Waals surface area contributed by atoms with Crippen LogP contribution in [0.1, 0.15) is 5.56 Å². The Bertz CT molecular complexity index is 545. The number of nitrogens with zero attached hydrogens (tertiary/aromatic N) is 3. The van der Waals surface area contributed by atoms with Crippen LogP contribution in [0.5, 0.6) is 0 Å². The molecule has 0 radical (unpaired) electrons. The minimum Gasteiger partial charge on any atom is -0.255 e. The van der Waals surface area contributed by atoms with Crippen molar-refractivity contribution in [2.75, 3.05) is 0 Å². The molecule has 3 nitrogen and oxygen atoms in total. The second kappa shape index (κ2) is 3.83. The number of halogens is 4. The van der Waals surface area contributed by atoms with Crippen LogP contribution in [0.4, 0.5) is 17.6 Å². The average molecular weight is 245 g/mol. The Labute approximate surface area is 93.7 Å². The summed E-state index contributed by atoms with van der Waals surface area (Å²) < 4.78 is 51.6. The molecule has 2 rings (SSSR count). The highest BCUT2D eigenvalue weighted by molar-refractivity contribution is 5.55. The second-order valence-corrected chi connectivity index (χ2v) is 3.43. The summed E-state index contributed by atoms with van der Waals surface area (Å²) in [5.74, 6) is -1.15. The predicted molar refractivity (Wildman–Crippen MR) is 51.4 cm³/mol. The summed E-state index contributed by atoms with van der Waals surface area (Å²) in [5, 5.41) is 3.87. The fraction of sp³-hybridized carbons (Fsp3) is 0.200. The molecule has 0 fully saturated rings. The zero-order valence-electron chi connectivity index (χ0n) is 8.66. The molecule has 2 aromatic rings. The van der Waals surface area contributed by atoms with E-state index in [4.69, 9.17) is 0 Å². The first-order chi connectivity index (χ1) is 7.88. The Morgan fingerprint density at radius 3 is 2.41 bits per heavy atom.